The highest BCUT2D eigenvalue weighted by Gasteiger charge is 2.38. The first-order valence-electron chi connectivity index (χ1n) is 11.6. The summed E-state index contributed by atoms with van der Waals surface area (Å²) in [5, 5.41) is 2.98. The van der Waals surface area contributed by atoms with Gasteiger partial charge in [0.2, 0.25) is 5.91 Å². The Balaban J connectivity index is 1.40. The first-order chi connectivity index (χ1) is 15.5. The Morgan fingerprint density at radius 3 is 2.34 bits per heavy atom. The highest BCUT2D eigenvalue weighted by molar-refractivity contribution is 5.96. The van der Waals surface area contributed by atoms with Gasteiger partial charge in [0.05, 0.1) is 7.11 Å². The number of piperidine rings is 1. The summed E-state index contributed by atoms with van der Waals surface area (Å²) in [7, 11) is 1.65. The maximum atomic E-state index is 13.6. The van der Waals surface area contributed by atoms with Crippen LogP contribution in [0.25, 0.3) is 0 Å². The number of rotatable bonds is 6. The lowest BCUT2D eigenvalue weighted by molar-refractivity contribution is -0.124. The Morgan fingerprint density at radius 1 is 1.06 bits per heavy atom. The van der Waals surface area contributed by atoms with Gasteiger partial charge < -0.3 is 19.9 Å². The van der Waals surface area contributed by atoms with Gasteiger partial charge in [0.25, 0.3) is 0 Å². The third kappa shape index (κ3) is 5.06. The van der Waals surface area contributed by atoms with E-state index < -0.39 is 0 Å². The van der Waals surface area contributed by atoms with Crippen molar-refractivity contribution in [1.82, 2.24) is 4.90 Å². The predicted octanol–water partition coefficient (Wildman–Crippen LogP) is 5.08. The molecule has 1 atom stereocenters. The van der Waals surface area contributed by atoms with Gasteiger partial charge in [-0.15, -0.1) is 0 Å². The highest BCUT2D eigenvalue weighted by atomic mass is 16.5. The maximum absolute atomic E-state index is 13.6. The molecule has 1 saturated carbocycles. The molecule has 1 aliphatic carbocycles. The molecule has 2 fully saturated rings. The lowest BCUT2D eigenvalue weighted by atomic mass is 9.94. The Bertz CT molecular complexity index is 947. The van der Waals surface area contributed by atoms with E-state index >= 15 is 0 Å². The monoisotopic (exact) mass is 435 g/mol. The van der Waals surface area contributed by atoms with Crippen molar-refractivity contribution in [3.8, 4) is 5.75 Å². The number of urea groups is 1. The van der Waals surface area contributed by atoms with Crippen LogP contribution in [0.4, 0.5) is 16.2 Å². The molecule has 32 heavy (non-hydrogen) atoms. The topological polar surface area (TPSA) is 61.9 Å². The summed E-state index contributed by atoms with van der Waals surface area (Å²) in [5.41, 5.74) is 2.84. The largest absolute Gasteiger partial charge is 0.497 e. The second kappa shape index (κ2) is 9.63. The van der Waals surface area contributed by atoms with Gasteiger partial charge in [0, 0.05) is 36.4 Å². The van der Waals surface area contributed by atoms with Gasteiger partial charge in [-0.2, -0.15) is 0 Å². The lowest BCUT2D eigenvalue weighted by Gasteiger charge is -2.37. The van der Waals surface area contributed by atoms with Crippen molar-refractivity contribution in [2.75, 3.05) is 30.4 Å². The number of nitrogens with zero attached hydrogens (tertiary/aromatic N) is 2. The van der Waals surface area contributed by atoms with E-state index in [1.165, 1.54) is 12.8 Å². The average molecular weight is 436 g/mol. The van der Waals surface area contributed by atoms with Crippen LogP contribution in [0.1, 0.15) is 38.2 Å². The van der Waals surface area contributed by atoms with Crippen LogP contribution in [0, 0.1) is 18.8 Å². The first-order valence-corrected chi connectivity index (χ1v) is 11.6. The van der Waals surface area contributed by atoms with Crippen molar-refractivity contribution in [3.05, 3.63) is 54.1 Å². The van der Waals surface area contributed by atoms with Crippen LogP contribution in [0.15, 0.2) is 48.5 Å². The number of carbonyl (C=O) groups excluding carboxylic acids is 2. The zero-order valence-electron chi connectivity index (χ0n) is 19.2. The number of amides is 3. The minimum Gasteiger partial charge on any atom is -0.497 e. The Labute approximate surface area is 190 Å². The smallest absolute Gasteiger partial charge is 0.321 e. The van der Waals surface area contributed by atoms with Gasteiger partial charge in [-0.1, -0.05) is 12.1 Å². The second-order valence-corrected chi connectivity index (χ2v) is 9.05. The molecule has 1 saturated heterocycles. The molecule has 0 bridgehead atoms. The summed E-state index contributed by atoms with van der Waals surface area (Å²) >= 11 is 0. The summed E-state index contributed by atoms with van der Waals surface area (Å²) in [6.45, 7) is 5.33. The van der Waals surface area contributed by atoms with Crippen LogP contribution in [-0.4, -0.2) is 43.1 Å². The lowest BCUT2D eigenvalue weighted by Crippen LogP contribution is -2.48. The normalized spacial score (nSPS) is 17.5. The van der Waals surface area contributed by atoms with Crippen molar-refractivity contribution in [1.29, 1.82) is 0 Å². The number of ether oxygens (including phenoxy) is 1. The molecule has 2 aromatic carbocycles. The zero-order chi connectivity index (χ0) is 22.7. The number of aryl methyl sites for hydroxylation is 1. The summed E-state index contributed by atoms with van der Waals surface area (Å²) in [4.78, 5) is 30.1. The molecular formula is C26H33N3O3. The van der Waals surface area contributed by atoms with Crippen molar-refractivity contribution in [2.45, 2.75) is 45.6 Å². The minimum absolute atomic E-state index is 0.0682. The number of benzene rings is 2. The van der Waals surface area contributed by atoms with Crippen LogP contribution >= 0.6 is 0 Å². The van der Waals surface area contributed by atoms with Crippen molar-refractivity contribution < 1.29 is 14.3 Å². The number of nitrogens with one attached hydrogen (secondary N) is 1. The molecular weight excluding hydrogens is 402 g/mol. The van der Waals surface area contributed by atoms with Gasteiger partial charge in [0.15, 0.2) is 0 Å². The minimum atomic E-state index is -0.0974. The third-order valence-corrected chi connectivity index (χ3v) is 6.70. The fraction of sp³-hybridized carbons (Fsp3) is 0.462. The zero-order valence-corrected chi connectivity index (χ0v) is 19.2. The molecule has 6 heteroatoms. The van der Waals surface area contributed by atoms with E-state index in [0.717, 1.165) is 22.7 Å². The Kier molecular flexibility index (Phi) is 6.68. The molecule has 0 aromatic heterocycles. The summed E-state index contributed by atoms with van der Waals surface area (Å²) in [6, 6.07) is 15.6. The number of hydrogen-bond acceptors (Lipinski definition) is 3. The Hall–Kier alpha value is -3.02. The van der Waals surface area contributed by atoms with Gasteiger partial charge in [-0.25, -0.2) is 4.79 Å². The molecule has 0 spiro atoms. The van der Waals surface area contributed by atoms with Gasteiger partial charge in [0.1, 0.15) is 5.75 Å². The van der Waals surface area contributed by atoms with Gasteiger partial charge in [-0.3, -0.25) is 4.79 Å². The molecule has 0 radical (unpaired) electrons. The number of hydrogen-bond donors (Lipinski definition) is 1. The van der Waals surface area contributed by atoms with Crippen LogP contribution in [0.5, 0.6) is 5.75 Å². The standard InChI is InChI=1S/C26H33N3O3/c1-18-5-4-6-22(17-18)27-26(31)28-15-13-21(14-16-28)25(30)29(19(2)20-7-8-20)23-9-11-24(32-3)12-10-23/h4-6,9-12,17,19-21H,7-8,13-16H2,1-3H3,(H,27,31). The molecule has 1 unspecified atom stereocenters. The Morgan fingerprint density at radius 2 is 1.75 bits per heavy atom. The number of carbonyl (C=O) groups is 2. The van der Waals surface area contributed by atoms with Gasteiger partial charge >= 0.3 is 6.03 Å². The summed E-state index contributed by atoms with van der Waals surface area (Å²) < 4.78 is 5.28. The molecule has 1 N–H and O–H groups in total. The van der Waals surface area contributed by atoms with E-state index in [1.807, 2.05) is 65.3 Å². The average Bonchev–Trinajstić information content (AvgIpc) is 3.65. The van der Waals surface area contributed by atoms with Crippen LogP contribution < -0.4 is 15.0 Å². The third-order valence-electron chi connectivity index (χ3n) is 6.70. The van der Waals surface area contributed by atoms with Crippen molar-refractivity contribution in [2.24, 2.45) is 11.8 Å². The van der Waals surface area contributed by atoms with Crippen LogP contribution in [0.3, 0.4) is 0 Å². The molecule has 2 aliphatic rings. The SMILES string of the molecule is COc1ccc(N(C(=O)C2CCN(C(=O)Nc3cccc(C)c3)CC2)C(C)C2CC2)cc1. The first kappa shape index (κ1) is 22.2. The molecule has 170 valence electrons. The van der Waals surface area contributed by atoms with E-state index in [-0.39, 0.29) is 23.9 Å². The fourth-order valence-electron chi connectivity index (χ4n) is 4.55. The van der Waals surface area contributed by atoms with Crippen molar-refractivity contribution in [3.63, 3.8) is 0 Å². The van der Waals surface area contributed by atoms with Crippen molar-refractivity contribution >= 4 is 23.3 Å². The van der Waals surface area contributed by atoms with E-state index in [9.17, 15) is 9.59 Å². The van der Waals surface area contributed by atoms with Gasteiger partial charge in [-0.05, 0) is 87.4 Å². The molecule has 6 nitrogen and oxygen atoms in total. The molecule has 3 amide bonds. The van der Waals surface area contributed by atoms with E-state index in [0.29, 0.717) is 31.8 Å². The van der Waals surface area contributed by atoms with Crippen LogP contribution in [-0.2, 0) is 4.79 Å². The highest BCUT2D eigenvalue weighted by Crippen LogP contribution is 2.38. The second-order valence-electron chi connectivity index (χ2n) is 9.05. The predicted molar refractivity (Wildman–Crippen MR) is 127 cm³/mol. The molecule has 1 heterocycles. The van der Waals surface area contributed by atoms with E-state index in [2.05, 4.69) is 12.2 Å². The number of methoxy groups -OCH3 is 1. The molecule has 2 aromatic rings. The van der Waals surface area contributed by atoms with Crippen LogP contribution in [0.2, 0.25) is 0 Å². The molecule has 4 rings (SSSR count). The summed E-state index contributed by atoms with van der Waals surface area (Å²) in [6.07, 6.45) is 3.73. The summed E-state index contributed by atoms with van der Waals surface area (Å²) in [5.74, 6) is 1.46. The maximum Gasteiger partial charge on any atom is 0.321 e. The van der Waals surface area contributed by atoms with E-state index in [4.69, 9.17) is 4.74 Å². The number of anilines is 2. The molecule has 1 aliphatic heterocycles. The van der Waals surface area contributed by atoms with E-state index in [1.54, 1.807) is 7.11 Å². The quantitative estimate of drug-likeness (QED) is 0.688. The number of likely N-dealkylation sites (tertiary alicyclic amines) is 1. The fourth-order valence-corrected chi connectivity index (χ4v) is 4.55.